The van der Waals surface area contributed by atoms with Crippen LogP contribution in [-0.4, -0.2) is 87.1 Å². The van der Waals surface area contributed by atoms with E-state index in [1.54, 1.807) is 11.0 Å². The quantitative estimate of drug-likeness (QED) is 0.460. The molecule has 4 rings (SSSR count). The van der Waals surface area contributed by atoms with Crippen LogP contribution < -0.4 is 14.2 Å². The number of hydrogen-bond donors (Lipinski definition) is 2. The maximum Gasteiger partial charge on any atom is 0.413 e. The van der Waals surface area contributed by atoms with Crippen LogP contribution >= 0.6 is 0 Å². The summed E-state index contributed by atoms with van der Waals surface area (Å²) in [5, 5.41) is 2.39. The van der Waals surface area contributed by atoms with Gasteiger partial charge in [0.2, 0.25) is 5.95 Å². The number of anilines is 1. The minimum absolute atomic E-state index is 0.0591. The first-order chi connectivity index (χ1) is 16.7. The average molecular weight is 504 g/mol. The molecule has 1 aliphatic heterocycles. The Labute approximate surface area is 201 Å². The molecule has 2 amide bonds. The van der Waals surface area contributed by atoms with E-state index in [9.17, 15) is 18.0 Å². The average Bonchev–Trinajstić information content (AvgIpc) is 3.24. The van der Waals surface area contributed by atoms with Gasteiger partial charge < -0.3 is 28.4 Å². The summed E-state index contributed by atoms with van der Waals surface area (Å²) in [5.41, 5.74) is 0.951. The van der Waals surface area contributed by atoms with Crippen LogP contribution in [0.5, 0.6) is 11.5 Å². The number of hydrogen-bond acceptors (Lipinski definition) is 9. The smallest absolute Gasteiger partial charge is 0.413 e. The van der Waals surface area contributed by atoms with Crippen LogP contribution in [0.2, 0.25) is 0 Å². The molecule has 13 heteroatoms. The molecule has 2 N–H and O–H groups in total. The first-order valence-electron chi connectivity index (χ1n) is 10.7. The maximum absolute atomic E-state index is 12.7. The topological polar surface area (TPSA) is 143 Å². The Balaban J connectivity index is 1.37. The highest BCUT2D eigenvalue weighted by Crippen LogP contribution is 2.25. The summed E-state index contributed by atoms with van der Waals surface area (Å²) in [5.74, 6) is 0.464. The summed E-state index contributed by atoms with van der Waals surface area (Å²) < 4.78 is 40.7. The molecule has 12 nitrogen and oxygen atoms in total. The van der Waals surface area contributed by atoms with Gasteiger partial charge in [-0.1, -0.05) is 0 Å². The van der Waals surface area contributed by atoms with Crippen molar-refractivity contribution >= 4 is 39.1 Å². The van der Waals surface area contributed by atoms with Gasteiger partial charge in [-0.15, -0.1) is 0 Å². The number of ether oxygens (including phenoxy) is 2. The Bertz CT molecular complexity index is 1320. The van der Waals surface area contributed by atoms with Crippen molar-refractivity contribution in [3.05, 3.63) is 42.5 Å². The van der Waals surface area contributed by atoms with Crippen LogP contribution in [0.15, 0.2) is 47.4 Å². The highest BCUT2D eigenvalue weighted by molar-refractivity contribution is 7.87. The fourth-order valence-corrected chi connectivity index (χ4v) is 4.34. The number of H-pyrrole nitrogens is 1. The van der Waals surface area contributed by atoms with Crippen molar-refractivity contribution in [2.75, 3.05) is 52.3 Å². The van der Waals surface area contributed by atoms with Crippen LogP contribution in [0.3, 0.4) is 0 Å². The van der Waals surface area contributed by atoms with Crippen molar-refractivity contribution in [3.8, 4) is 11.5 Å². The van der Waals surface area contributed by atoms with Crippen molar-refractivity contribution in [1.29, 1.82) is 0 Å². The molecule has 0 saturated carbocycles. The second kappa shape index (κ2) is 10.2. The highest BCUT2D eigenvalue weighted by atomic mass is 32.2. The monoisotopic (exact) mass is 503 g/mol. The molecule has 0 atom stereocenters. The van der Waals surface area contributed by atoms with Crippen LogP contribution in [0.25, 0.3) is 11.0 Å². The van der Waals surface area contributed by atoms with Crippen molar-refractivity contribution in [2.45, 2.75) is 4.90 Å². The second-order valence-electron chi connectivity index (χ2n) is 7.86. The number of carbonyl (C=O) groups excluding carboxylic acids is 2. The summed E-state index contributed by atoms with van der Waals surface area (Å²) >= 11 is 0. The van der Waals surface area contributed by atoms with E-state index in [4.69, 9.17) is 8.92 Å². The molecule has 1 aliphatic rings. The molecule has 1 fully saturated rings. The van der Waals surface area contributed by atoms with Gasteiger partial charge in [0.15, 0.2) is 6.61 Å². The number of carbonyl (C=O) groups is 2. The molecule has 0 unspecified atom stereocenters. The molecular formula is C22H25N5O7S. The number of imidazole rings is 1. The number of rotatable bonds is 7. The lowest BCUT2D eigenvalue weighted by molar-refractivity contribution is -0.134. The summed E-state index contributed by atoms with van der Waals surface area (Å²) in [4.78, 5) is 34.4. The molecule has 3 aromatic rings. The molecule has 0 spiro atoms. The third-order valence-corrected chi connectivity index (χ3v) is 6.66. The number of amides is 2. The minimum Gasteiger partial charge on any atom is -0.484 e. The molecule has 0 aliphatic carbocycles. The van der Waals surface area contributed by atoms with E-state index in [-0.39, 0.29) is 29.1 Å². The standard InChI is InChI=1S/C22H25N5O7S/c1-26-9-11-27(12-10-26)20(28)14-33-15-3-6-17(7-4-15)35(30,31)34-16-5-8-18-19(13-16)24-21(23-18)25-22(29)32-2/h3-8,13H,9-12,14H2,1-2H3,(H2,23,24,25,29). The summed E-state index contributed by atoms with van der Waals surface area (Å²) in [6.45, 7) is 2.82. The molecule has 35 heavy (non-hydrogen) atoms. The van der Waals surface area contributed by atoms with Gasteiger partial charge in [-0.25, -0.2) is 9.78 Å². The molecule has 0 radical (unpaired) electrons. The zero-order valence-electron chi connectivity index (χ0n) is 19.2. The fraction of sp³-hybridized carbons (Fsp3) is 0.318. The number of methoxy groups -OCH3 is 1. The highest BCUT2D eigenvalue weighted by Gasteiger charge is 2.20. The summed E-state index contributed by atoms with van der Waals surface area (Å²) in [6, 6.07) is 10.1. The predicted molar refractivity (Wildman–Crippen MR) is 126 cm³/mol. The number of piperazine rings is 1. The van der Waals surface area contributed by atoms with E-state index in [1.165, 1.54) is 43.5 Å². The Morgan fingerprint density at radius 3 is 2.43 bits per heavy atom. The SMILES string of the molecule is COC(=O)Nc1nc2ccc(OS(=O)(=O)c3ccc(OCC(=O)N4CCN(C)CC4)cc3)cc2[nH]1. The van der Waals surface area contributed by atoms with E-state index >= 15 is 0 Å². The van der Waals surface area contributed by atoms with Gasteiger partial charge in [0.05, 0.1) is 18.1 Å². The maximum atomic E-state index is 12.7. The van der Waals surface area contributed by atoms with Gasteiger partial charge in [0.25, 0.3) is 5.91 Å². The first kappa shape index (κ1) is 24.3. The second-order valence-corrected chi connectivity index (χ2v) is 9.41. The van der Waals surface area contributed by atoms with Gasteiger partial charge in [-0.2, -0.15) is 8.42 Å². The lowest BCUT2D eigenvalue weighted by Gasteiger charge is -2.32. The zero-order valence-corrected chi connectivity index (χ0v) is 20.0. The van der Waals surface area contributed by atoms with Gasteiger partial charge in [-0.3, -0.25) is 10.1 Å². The van der Waals surface area contributed by atoms with Crippen molar-refractivity contribution in [1.82, 2.24) is 19.8 Å². The molecule has 1 saturated heterocycles. The third kappa shape index (κ3) is 6.00. The summed E-state index contributed by atoms with van der Waals surface area (Å²) in [7, 11) is -0.896. The predicted octanol–water partition coefficient (Wildman–Crippen LogP) is 1.66. The lowest BCUT2D eigenvalue weighted by Crippen LogP contribution is -2.48. The number of fused-ring (bicyclic) bond motifs is 1. The Kier molecular flexibility index (Phi) is 7.07. The number of aromatic nitrogens is 2. The van der Waals surface area contributed by atoms with Gasteiger partial charge >= 0.3 is 16.2 Å². The fourth-order valence-electron chi connectivity index (χ4n) is 3.42. The Morgan fingerprint density at radius 2 is 1.74 bits per heavy atom. The minimum atomic E-state index is -4.13. The number of nitrogens with zero attached hydrogens (tertiary/aromatic N) is 3. The molecular weight excluding hydrogens is 478 g/mol. The van der Waals surface area contributed by atoms with E-state index in [0.29, 0.717) is 29.9 Å². The summed E-state index contributed by atoms with van der Waals surface area (Å²) in [6.07, 6.45) is -0.695. The molecule has 186 valence electrons. The normalized spacial score (nSPS) is 14.5. The molecule has 2 aromatic carbocycles. The number of benzene rings is 2. The van der Waals surface area contributed by atoms with Gasteiger partial charge in [-0.05, 0) is 43.4 Å². The Morgan fingerprint density at radius 1 is 1.06 bits per heavy atom. The van der Waals surface area contributed by atoms with E-state index in [0.717, 1.165) is 13.1 Å². The first-order valence-corrected chi connectivity index (χ1v) is 12.1. The number of likely N-dealkylation sites (N-methyl/N-ethyl adjacent to an activating group) is 1. The lowest BCUT2D eigenvalue weighted by atomic mass is 10.3. The number of aromatic amines is 1. The molecule has 2 heterocycles. The third-order valence-electron chi connectivity index (χ3n) is 5.40. The van der Waals surface area contributed by atoms with Crippen molar-refractivity contribution in [2.24, 2.45) is 0 Å². The Hall–Kier alpha value is -3.84. The zero-order chi connectivity index (χ0) is 25.0. The van der Waals surface area contributed by atoms with Gasteiger partial charge in [0.1, 0.15) is 16.4 Å². The van der Waals surface area contributed by atoms with E-state index in [1.807, 2.05) is 7.05 Å². The van der Waals surface area contributed by atoms with Crippen molar-refractivity contribution in [3.63, 3.8) is 0 Å². The largest absolute Gasteiger partial charge is 0.484 e. The van der Waals surface area contributed by atoms with Crippen LogP contribution in [-0.2, 0) is 19.6 Å². The molecule has 0 bridgehead atoms. The van der Waals surface area contributed by atoms with E-state index < -0.39 is 16.2 Å². The van der Waals surface area contributed by atoms with Crippen molar-refractivity contribution < 1.29 is 31.7 Å². The van der Waals surface area contributed by atoms with Crippen LogP contribution in [0.4, 0.5) is 10.7 Å². The number of nitrogens with one attached hydrogen (secondary N) is 2. The molecule has 1 aromatic heterocycles. The van der Waals surface area contributed by atoms with E-state index in [2.05, 4.69) is 24.9 Å². The van der Waals surface area contributed by atoms with Crippen LogP contribution in [0.1, 0.15) is 0 Å². The van der Waals surface area contributed by atoms with Gasteiger partial charge in [0, 0.05) is 32.2 Å². The van der Waals surface area contributed by atoms with Crippen LogP contribution in [0, 0.1) is 0 Å².